The van der Waals surface area contributed by atoms with E-state index in [1.54, 1.807) is 0 Å². The average molecular weight is 350 g/mol. The highest BCUT2D eigenvalue weighted by molar-refractivity contribution is 5.42. The molecule has 0 aromatic carbocycles. The first-order valence-electron chi connectivity index (χ1n) is 9.44. The predicted molar refractivity (Wildman–Crippen MR) is 85.6 cm³/mol. The number of hydrogen-bond acceptors (Lipinski definition) is 6. The first kappa shape index (κ1) is 15.5. The van der Waals surface area contributed by atoms with E-state index in [1.807, 2.05) is 13.8 Å². The van der Waals surface area contributed by atoms with Crippen molar-refractivity contribution < 1.29 is 29.2 Å². The average Bonchev–Trinajstić information content (AvgIpc) is 3.29. The van der Waals surface area contributed by atoms with Gasteiger partial charge >= 0.3 is 0 Å². The summed E-state index contributed by atoms with van der Waals surface area (Å²) in [6, 6.07) is 0. The SMILES string of the molecule is C=C(C)[C@@H]1CC2OCC34OC5OC[C@H](O)C51C23CC1OC[C@@H](C)[C@@]14O. The molecule has 4 heterocycles. The third-order valence-corrected chi connectivity index (χ3v) is 8.75. The van der Waals surface area contributed by atoms with Crippen LogP contribution in [-0.4, -0.2) is 65.8 Å². The zero-order valence-corrected chi connectivity index (χ0v) is 14.7. The minimum atomic E-state index is -1.11. The van der Waals surface area contributed by atoms with Crippen molar-refractivity contribution in [1.29, 1.82) is 0 Å². The second-order valence-electron chi connectivity index (χ2n) is 9.22. The minimum Gasteiger partial charge on any atom is -0.390 e. The molecule has 0 aromatic rings. The van der Waals surface area contributed by atoms with Crippen molar-refractivity contribution in [2.24, 2.45) is 22.7 Å². The molecule has 10 atom stereocenters. The van der Waals surface area contributed by atoms with Gasteiger partial charge in [-0.05, 0) is 25.7 Å². The quantitative estimate of drug-likeness (QED) is 0.675. The van der Waals surface area contributed by atoms with E-state index in [9.17, 15) is 10.2 Å². The second kappa shape index (κ2) is 4.16. The molecular formula is C19H26O6. The zero-order chi connectivity index (χ0) is 17.4. The predicted octanol–water partition coefficient (Wildman–Crippen LogP) is 0.610. The fourth-order valence-electron chi connectivity index (χ4n) is 7.98. The van der Waals surface area contributed by atoms with Gasteiger partial charge in [0.25, 0.3) is 0 Å². The lowest BCUT2D eigenvalue weighted by Gasteiger charge is -2.47. The number of fused-ring (bicyclic) bond motifs is 1. The van der Waals surface area contributed by atoms with Gasteiger partial charge in [0.05, 0.1) is 43.5 Å². The monoisotopic (exact) mass is 350 g/mol. The van der Waals surface area contributed by atoms with Crippen molar-refractivity contribution >= 4 is 0 Å². The number of ether oxygens (including phenoxy) is 4. The van der Waals surface area contributed by atoms with E-state index in [0.717, 1.165) is 12.0 Å². The maximum atomic E-state index is 11.9. The molecule has 4 saturated heterocycles. The molecule has 4 aliphatic heterocycles. The third-order valence-electron chi connectivity index (χ3n) is 8.75. The van der Waals surface area contributed by atoms with Gasteiger partial charge in [-0.15, -0.1) is 0 Å². The van der Waals surface area contributed by atoms with E-state index < -0.39 is 34.4 Å². The van der Waals surface area contributed by atoms with E-state index in [0.29, 0.717) is 19.6 Å². The first-order chi connectivity index (χ1) is 11.9. The number of aliphatic hydroxyl groups excluding tert-OH is 1. The molecule has 6 fully saturated rings. The number of aliphatic hydroxyl groups is 2. The molecule has 2 spiro atoms. The summed E-state index contributed by atoms with van der Waals surface area (Å²) in [6.07, 6.45) is -0.0564. The summed E-state index contributed by atoms with van der Waals surface area (Å²) in [4.78, 5) is 0. The van der Waals surface area contributed by atoms with Gasteiger partial charge in [-0.25, -0.2) is 0 Å². The summed E-state index contributed by atoms with van der Waals surface area (Å²) in [6.45, 7) is 9.38. The third kappa shape index (κ3) is 1.17. The lowest BCUT2D eigenvalue weighted by Crippen LogP contribution is -2.64. The van der Waals surface area contributed by atoms with E-state index in [4.69, 9.17) is 18.9 Å². The van der Waals surface area contributed by atoms with Crippen LogP contribution in [0.3, 0.4) is 0 Å². The summed E-state index contributed by atoms with van der Waals surface area (Å²) >= 11 is 0. The van der Waals surface area contributed by atoms with Gasteiger partial charge in [0.15, 0.2) is 6.29 Å². The van der Waals surface area contributed by atoms with Gasteiger partial charge < -0.3 is 29.2 Å². The minimum absolute atomic E-state index is 0.0453. The lowest BCUT2D eigenvalue weighted by molar-refractivity contribution is -0.243. The Kier molecular flexibility index (Phi) is 2.58. The van der Waals surface area contributed by atoms with E-state index >= 15 is 0 Å². The standard InChI is InChI=1S/C19H26O6/c1-9(2)11-4-13-16-5-14-19(21,10(3)6-22-14)17(16,8-24-13)25-15-18(11,16)12(20)7-23-15/h10-15,20-21H,1,4-8H2,2-3H3/t10-,11+,12+,13?,14?,15?,16?,17?,18?,19-/m1/s1. The molecule has 2 N–H and O–H groups in total. The largest absolute Gasteiger partial charge is 0.390 e. The summed E-state index contributed by atoms with van der Waals surface area (Å²) in [5.74, 6) is 0.0102. The van der Waals surface area contributed by atoms with Gasteiger partial charge in [0.1, 0.15) is 11.2 Å². The van der Waals surface area contributed by atoms with Crippen LogP contribution in [0.1, 0.15) is 26.7 Å². The van der Waals surface area contributed by atoms with Crippen molar-refractivity contribution in [3.8, 4) is 0 Å². The second-order valence-corrected chi connectivity index (χ2v) is 9.22. The maximum absolute atomic E-state index is 11.9. The molecule has 0 radical (unpaired) electrons. The zero-order valence-electron chi connectivity index (χ0n) is 14.7. The lowest BCUT2D eigenvalue weighted by atomic mass is 9.54. The molecule has 0 bridgehead atoms. The first-order valence-corrected chi connectivity index (χ1v) is 9.44. The van der Waals surface area contributed by atoms with Crippen LogP contribution in [0.4, 0.5) is 0 Å². The summed E-state index contributed by atoms with van der Waals surface area (Å²) in [7, 11) is 0. The highest BCUT2D eigenvalue weighted by atomic mass is 16.7. The Balaban J connectivity index is 1.65. The van der Waals surface area contributed by atoms with Crippen LogP contribution >= 0.6 is 0 Å². The Labute approximate surface area is 147 Å². The van der Waals surface area contributed by atoms with Gasteiger partial charge in [0, 0.05) is 11.3 Å². The fraction of sp³-hybridized carbons (Fsp3) is 0.895. The molecule has 25 heavy (non-hydrogen) atoms. The van der Waals surface area contributed by atoms with E-state index in [2.05, 4.69) is 6.58 Å². The molecule has 6 nitrogen and oxygen atoms in total. The molecule has 138 valence electrons. The van der Waals surface area contributed by atoms with Crippen LogP contribution in [0, 0.1) is 22.7 Å². The summed E-state index contributed by atoms with van der Waals surface area (Å²) in [5.41, 5.74) is -2.05. The van der Waals surface area contributed by atoms with Gasteiger partial charge in [-0.1, -0.05) is 19.1 Å². The molecule has 6 rings (SSSR count). The number of allylic oxidation sites excluding steroid dienone is 1. The Morgan fingerprint density at radius 2 is 1.96 bits per heavy atom. The topological polar surface area (TPSA) is 77.4 Å². The fourth-order valence-corrected chi connectivity index (χ4v) is 7.98. The van der Waals surface area contributed by atoms with Crippen molar-refractivity contribution in [1.82, 2.24) is 0 Å². The summed E-state index contributed by atoms with van der Waals surface area (Å²) < 4.78 is 24.8. The molecule has 6 aliphatic rings. The molecule has 2 aliphatic carbocycles. The Morgan fingerprint density at radius 1 is 1.16 bits per heavy atom. The van der Waals surface area contributed by atoms with Crippen molar-refractivity contribution in [2.75, 3.05) is 19.8 Å². The molecule has 0 aromatic heterocycles. The Morgan fingerprint density at radius 3 is 2.72 bits per heavy atom. The maximum Gasteiger partial charge on any atom is 0.168 e. The van der Waals surface area contributed by atoms with Gasteiger partial charge in [-0.2, -0.15) is 0 Å². The highest BCUT2D eigenvalue weighted by Crippen LogP contribution is 2.83. The normalized spacial score (nSPS) is 66.6. The number of hydrogen-bond donors (Lipinski definition) is 2. The summed E-state index contributed by atoms with van der Waals surface area (Å²) in [5, 5.41) is 23.0. The molecule has 6 heteroatoms. The molecule has 2 saturated carbocycles. The van der Waals surface area contributed by atoms with E-state index in [1.165, 1.54) is 0 Å². The molecular weight excluding hydrogens is 324 g/mol. The van der Waals surface area contributed by atoms with Crippen LogP contribution in [0.15, 0.2) is 12.2 Å². The van der Waals surface area contributed by atoms with Crippen molar-refractivity contribution in [3.05, 3.63) is 12.2 Å². The Bertz CT molecular complexity index is 681. The van der Waals surface area contributed by atoms with Crippen LogP contribution in [-0.2, 0) is 18.9 Å². The van der Waals surface area contributed by atoms with E-state index in [-0.39, 0.29) is 30.7 Å². The smallest absolute Gasteiger partial charge is 0.168 e. The number of rotatable bonds is 1. The van der Waals surface area contributed by atoms with Crippen molar-refractivity contribution in [3.63, 3.8) is 0 Å². The van der Waals surface area contributed by atoms with Crippen LogP contribution in [0.25, 0.3) is 0 Å². The molecule has 0 amide bonds. The van der Waals surface area contributed by atoms with Gasteiger partial charge in [-0.3, -0.25) is 0 Å². The van der Waals surface area contributed by atoms with Gasteiger partial charge in [0.2, 0.25) is 0 Å². The van der Waals surface area contributed by atoms with Crippen LogP contribution in [0.5, 0.6) is 0 Å². The van der Waals surface area contributed by atoms with Crippen LogP contribution < -0.4 is 0 Å². The van der Waals surface area contributed by atoms with Crippen LogP contribution in [0.2, 0.25) is 0 Å². The Hall–Kier alpha value is -0.500. The highest BCUT2D eigenvalue weighted by Gasteiger charge is 2.95. The van der Waals surface area contributed by atoms with Crippen molar-refractivity contribution in [2.45, 2.75) is 62.5 Å². The molecule has 6 unspecified atom stereocenters.